The van der Waals surface area contributed by atoms with Gasteiger partial charge in [0, 0.05) is 11.4 Å². The Morgan fingerprint density at radius 3 is 2.00 bits per heavy atom. The molecule has 0 saturated heterocycles. The summed E-state index contributed by atoms with van der Waals surface area (Å²) >= 11 is 6.88. The summed E-state index contributed by atoms with van der Waals surface area (Å²) in [6.45, 7) is 3.59. The van der Waals surface area contributed by atoms with Crippen LogP contribution in [0.3, 0.4) is 0 Å². The summed E-state index contributed by atoms with van der Waals surface area (Å²) in [6, 6.07) is 20.2. The SMILES string of the molecule is Cc1ccccc1NC(=O)COc1c(Br)cc(/C=C(/C#N)C(=O)Nc2ccccc2C)cc1Br. The third-order valence-corrected chi connectivity index (χ3v) is 6.03. The summed E-state index contributed by atoms with van der Waals surface area (Å²) in [7, 11) is 0. The summed E-state index contributed by atoms with van der Waals surface area (Å²) in [5.74, 6) is -0.367. The predicted molar refractivity (Wildman–Crippen MR) is 141 cm³/mol. The molecule has 0 bridgehead atoms. The van der Waals surface area contributed by atoms with E-state index in [0.29, 0.717) is 25.9 Å². The number of carbonyl (C=O) groups excluding carboxylic acids is 2. The highest BCUT2D eigenvalue weighted by molar-refractivity contribution is 9.11. The smallest absolute Gasteiger partial charge is 0.266 e. The quantitative estimate of drug-likeness (QED) is 0.249. The molecule has 0 fully saturated rings. The molecule has 3 rings (SSSR count). The van der Waals surface area contributed by atoms with Gasteiger partial charge in [-0.25, -0.2) is 0 Å². The number of nitrogens with one attached hydrogen (secondary N) is 2. The van der Waals surface area contributed by atoms with Crippen LogP contribution in [0.1, 0.15) is 16.7 Å². The Labute approximate surface area is 214 Å². The Kier molecular flexibility index (Phi) is 8.63. The van der Waals surface area contributed by atoms with Crippen LogP contribution in [0.25, 0.3) is 6.08 Å². The van der Waals surface area contributed by atoms with E-state index in [1.807, 2.05) is 62.4 Å². The molecule has 0 aromatic heterocycles. The third-order valence-electron chi connectivity index (χ3n) is 4.86. The molecule has 6 nitrogen and oxygen atoms in total. The molecule has 0 saturated carbocycles. The topological polar surface area (TPSA) is 91.2 Å². The summed E-state index contributed by atoms with van der Waals surface area (Å²) in [5.41, 5.74) is 3.77. The normalized spacial score (nSPS) is 10.9. The van der Waals surface area contributed by atoms with E-state index >= 15 is 0 Å². The van der Waals surface area contributed by atoms with Crippen molar-refractivity contribution < 1.29 is 14.3 Å². The van der Waals surface area contributed by atoms with Crippen LogP contribution < -0.4 is 15.4 Å². The fourth-order valence-corrected chi connectivity index (χ4v) is 4.51. The zero-order valence-electron chi connectivity index (χ0n) is 18.5. The molecule has 0 spiro atoms. The van der Waals surface area contributed by atoms with Crippen molar-refractivity contribution in [3.05, 3.63) is 91.9 Å². The van der Waals surface area contributed by atoms with Gasteiger partial charge in [0.25, 0.3) is 11.8 Å². The molecule has 0 radical (unpaired) electrons. The number of hydrogen-bond donors (Lipinski definition) is 2. The third kappa shape index (κ3) is 6.56. The van der Waals surface area contributed by atoms with Gasteiger partial charge in [-0.3, -0.25) is 9.59 Å². The predicted octanol–water partition coefficient (Wildman–Crippen LogP) is 6.39. The second-order valence-corrected chi connectivity index (χ2v) is 9.11. The maximum atomic E-state index is 12.6. The van der Waals surface area contributed by atoms with E-state index in [4.69, 9.17) is 4.74 Å². The van der Waals surface area contributed by atoms with Crippen molar-refractivity contribution in [2.45, 2.75) is 13.8 Å². The van der Waals surface area contributed by atoms with Crippen LogP contribution in [0.5, 0.6) is 5.75 Å². The lowest BCUT2D eigenvalue weighted by Gasteiger charge is -2.13. The molecule has 172 valence electrons. The Morgan fingerprint density at radius 1 is 0.941 bits per heavy atom. The molecule has 0 unspecified atom stereocenters. The standard InChI is InChI=1S/C26H21Br2N3O3/c1-16-7-3-5-9-22(16)30-24(32)15-34-25-20(27)12-18(13-21(25)28)11-19(14-29)26(33)31-23-10-6-4-8-17(23)2/h3-13H,15H2,1-2H3,(H,30,32)(H,31,33)/b19-11-. The van der Waals surface area contributed by atoms with Gasteiger partial charge in [0.2, 0.25) is 0 Å². The lowest BCUT2D eigenvalue weighted by atomic mass is 10.1. The van der Waals surface area contributed by atoms with Gasteiger partial charge in [-0.05, 0) is 92.7 Å². The van der Waals surface area contributed by atoms with Gasteiger partial charge < -0.3 is 15.4 Å². The van der Waals surface area contributed by atoms with E-state index in [2.05, 4.69) is 42.5 Å². The highest BCUT2D eigenvalue weighted by atomic mass is 79.9. The highest BCUT2D eigenvalue weighted by Gasteiger charge is 2.14. The fraction of sp³-hybridized carbons (Fsp3) is 0.115. The van der Waals surface area contributed by atoms with Gasteiger partial charge in [-0.1, -0.05) is 36.4 Å². The molecule has 3 aromatic carbocycles. The number of para-hydroxylation sites is 2. The zero-order valence-corrected chi connectivity index (χ0v) is 21.7. The molecule has 0 atom stereocenters. The number of amides is 2. The Bertz CT molecular complexity index is 1290. The number of nitrogens with zero attached hydrogens (tertiary/aromatic N) is 1. The summed E-state index contributed by atoms with van der Waals surface area (Å²) in [4.78, 5) is 24.9. The minimum Gasteiger partial charge on any atom is -0.481 e. The van der Waals surface area contributed by atoms with Crippen LogP contribution in [-0.4, -0.2) is 18.4 Å². The number of halogens is 2. The first-order chi connectivity index (χ1) is 16.3. The Balaban J connectivity index is 1.71. The van der Waals surface area contributed by atoms with E-state index in [1.165, 1.54) is 6.08 Å². The number of nitriles is 1. The lowest BCUT2D eigenvalue weighted by Crippen LogP contribution is -2.20. The molecule has 2 N–H and O–H groups in total. The summed E-state index contributed by atoms with van der Waals surface area (Å²) < 4.78 is 6.82. The van der Waals surface area contributed by atoms with Crippen LogP contribution >= 0.6 is 31.9 Å². The average molecular weight is 583 g/mol. The molecule has 3 aromatic rings. The van der Waals surface area contributed by atoms with Crippen molar-refractivity contribution in [3.63, 3.8) is 0 Å². The van der Waals surface area contributed by atoms with Crippen LogP contribution in [-0.2, 0) is 9.59 Å². The largest absolute Gasteiger partial charge is 0.481 e. The first-order valence-corrected chi connectivity index (χ1v) is 11.8. The monoisotopic (exact) mass is 581 g/mol. The van der Waals surface area contributed by atoms with Crippen LogP contribution in [0, 0.1) is 25.2 Å². The number of rotatable bonds is 7. The maximum absolute atomic E-state index is 12.6. The Morgan fingerprint density at radius 2 is 1.47 bits per heavy atom. The zero-order chi connectivity index (χ0) is 24.7. The van der Waals surface area contributed by atoms with E-state index in [1.54, 1.807) is 18.2 Å². The average Bonchev–Trinajstić information content (AvgIpc) is 2.80. The second-order valence-electron chi connectivity index (χ2n) is 7.40. The van der Waals surface area contributed by atoms with Gasteiger partial charge >= 0.3 is 0 Å². The summed E-state index contributed by atoms with van der Waals surface area (Å²) in [6.07, 6.45) is 1.48. The van der Waals surface area contributed by atoms with Gasteiger partial charge in [-0.2, -0.15) is 5.26 Å². The van der Waals surface area contributed by atoms with Gasteiger partial charge in [-0.15, -0.1) is 0 Å². The van der Waals surface area contributed by atoms with E-state index in [-0.39, 0.29) is 18.1 Å². The minimum atomic E-state index is -0.503. The second kappa shape index (κ2) is 11.6. The molecule has 8 heteroatoms. The number of hydrogen-bond acceptors (Lipinski definition) is 4. The number of benzene rings is 3. The lowest BCUT2D eigenvalue weighted by molar-refractivity contribution is -0.118. The van der Waals surface area contributed by atoms with E-state index in [9.17, 15) is 14.9 Å². The van der Waals surface area contributed by atoms with Gasteiger partial charge in [0.15, 0.2) is 6.61 Å². The number of aryl methyl sites for hydroxylation is 2. The van der Waals surface area contributed by atoms with Crippen molar-refractivity contribution in [1.82, 2.24) is 0 Å². The van der Waals surface area contributed by atoms with Gasteiger partial charge in [0.05, 0.1) is 8.95 Å². The van der Waals surface area contributed by atoms with Crippen LogP contribution in [0.15, 0.2) is 75.2 Å². The van der Waals surface area contributed by atoms with Crippen molar-refractivity contribution in [2.75, 3.05) is 17.2 Å². The first-order valence-electron chi connectivity index (χ1n) is 10.2. The minimum absolute atomic E-state index is 0.0478. The van der Waals surface area contributed by atoms with Crippen molar-refractivity contribution in [3.8, 4) is 11.8 Å². The van der Waals surface area contributed by atoms with Crippen molar-refractivity contribution in [2.24, 2.45) is 0 Å². The molecule has 0 aliphatic carbocycles. The first kappa shape index (κ1) is 25.2. The molecule has 34 heavy (non-hydrogen) atoms. The van der Waals surface area contributed by atoms with E-state index < -0.39 is 5.91 Å². The van der Waals surface area contributed by atoms with Crippen molar-refractivity contribution >= 4 is 61.1 Å². The van der Waals surface area contributed by atoms with Crippen molar-refractivity contribution in [1.29, 1.82) is 5.26 Å². The Hall–Kier alpha value is -3.41. The number of ether oxygens (including phenoxy) is 1. The molecule has 0 aliphatic rings. The summed E-state index contributed by atoms with van der Waals surface area (Å²) in [5, 5.41) is 15.1. The number of carbonyl (C=O) groups is 2. The fourth-order valence-electron chi connectivity index (χ4n) is 3.06. The molecule has 2 amide bonds. The molecular weight excluding hydrogens is 562 g/mol. The number of anilines is 2. The molecule has 0 aliphatic heterocycles. The highest BCUT2D eigenvalue weighted by Crippen LogP contribution is 2.35. The molecular formula is C26H21Br2N3O3. The van der Waals surface area contributed by atoms with Gasteiger partial charge in [0.1, 0.15) is 17.4 Å². The maximum Gasteiger partial charge on any atom is 0.266 e. The molecule has 0 heterocycles. The van der Waals surface area contributed by atoms with Crippen LogP contribution in [0.2, 0.25) is 0 Å². The van der Waals surface area contributed by atoms with E-state index in [0.717, 1.165) is 16.8 Å². The van der Waals surface area contributed by atoms with Crippen LogP contribution in [0.4, 0.5) is 11.4 Å².